The lowest BCUT2D eigenvalue weighted by molar-refractivity contribution is -0.143. The van der Waals surface area contributed by atoms with Crippen LogP contribution in [0.15, 0.2) is 48.5 Å². The van der Waals surface area contributed by atoms with Gasteiger partial charge in [0.2, 0.25) is 0 Å². The smallest absolute Gasteiger partial charge is 0.379 e. The Kier molecular flexibility index (Phi) is 8.50. The predicted octanol–water partition coefficient (Wildman–Crippen LogP) is 4.20. The molecule has 0 saturated carbocycles. The summed E-state index contributed by atoms with van der Waals surface area (Å²) in [4.78, 5) is 11.7. The van der Waals surface area contributed by atoms with E-state index in [2.05, 4.69) is 5.32 Å². The molecule has 2 aromatic rings. The Labute approximate surface area is 186 Å². The molecule has 2 rings (SSSR count). The molecule has 0 aliphatic heterocycles. The fraction of sp³-hybridized carbons (Fsp3) is 0.409. The lowest BCUT2D eigenvalue weighted by Gasteiger charge is -2.26. The van der Waals surface area contributed by atoms with Crippen LogP contribution in [0, 0.1) is 0 Å². The van der Waals surface area contributed by atoms with Crippen LogP contribution in [0.5, 0.6) is 0 Å². The number of primary amides is 1. The minimum atomic E-state index is -4.97. The van der Waals surface area contributed by atoms with Gasteiger partial charge in [-0.05, 0) is 49.1 Å². The average Bonchev–Trinajstić information content (AvgIpc) is 2.74. The molecule has 0 radical (unpaired) electrons. The summed E-state index contributed by atoms with van der Waals surface area (Å²) < 4.78 is 83.4. The van der Waals surface area contributed by atoms with Gasteiger partial charge in [-0.25, -0.2) is 0 Å². The summed E-state index contributed by atoms with van der Waals surface area (Å²) >= 11 is 0. The third-order valence-corrected chi connectivity index (χ3v) is 5.06. The molecule has 0 aromatic heterocycles. The summed E-state index contributed by atoms with van der Waals surface area (Å²) in [5.41, 5.74) is 1.02. The van der Waals surface area contributed by atoms with Gasteiger partial charge in [0.15, 0.2) is 5.60 Å². The van der Waals surface area contributed by atoms with E-state index in [4.69, 9.17) is 10.5 Å². The third kappa shape index (κ3) is 7.72. The lowest BCUT2D eigenvalue weighted by atomic mass is 9.94. The number of hydrogen-bond acceptors (Lipinski definition) is 4. The van der Waals surface area contributed by atoms with Crippen LogP contribution in [0.3, 0.4) is 0 Å². The number of aryl methyl sites for hydroxylation is 1. The first-order valence-corrected chi connectivity index (χ1v) is 9.90. The van der Waals surface area contributed by atoms with Gasteiger partial charge in [-0.15, -0.1) is 0 Å². The average molecular weight is 478 g/mol. The highest BCUT2D eigenvalue weighted by atomic mass is 19.4. The van der Waals surface area contributed by atoms with Crippen molar-refractivity contribution in [3.05, 3.63) is 70.8 Å². The fourth-order valence-corrected chi connectivity index (χ4v) is 3.05. The zero-order valence-corrected chi connectivity index (χ0v) is 17.6. The molecule has 0 heterocycles. The van der Waals surface area contributed by atoms with E-state index >= 15 is 0 Å². The van der Waals surface area contributed by atoms with Gasteiger partial charge in [-0.2, -0.15) is 26.3 Å². The SMILES string of the molecule is C[C@@H](OCNCC(O)(CCc1ccccc1)C(N)=O)c1cc(C(F)(F)F)cc(C(F)(F)F)c1. The maximum atomic E-state index is 13.0. The van der Waals surface area contributed by atoms with E-state index in [1.54, 1.807) is 12.1 Å². The zero-order chi connectivity index (χ0) is 24.9. The van der Waals surface area contributed by atoms with Crippen molar-refractivity contribution in [2.24, 2.45) is 5.73 Å². The predicted molar refractivity (Wildman–Crippen MR) is 108 cm³/mol. The topological polar surface area (TPSA) is 84.6 Å². The highest BCUT2D eigenvalue weighted by Crippen LogP contribution is 2.37. The number of nitrogens with two attached hydrogens (primary N) is 1. The van der Waals surface area contributed by atoms with Gasteiger partial charge >= 0.3 is 12.4 Å². The van der Waals surface area contributed by atoms with Crippen molar-refractivity contribution in [3.8, 4) is 0 Å². The number of carbonyl (C=O) groups is 1. The van der Waals surface area contributed by atoms with Gasteiger partial charge in [0.25, 0.3) is 5.91 Å². The summed E-state index contributed by atoms with van der Waals surface area (Å²) in [6.07, 6.45) is -10.7. The van der Waals surface area contributed by atoms with Gasteiger partial charge in [-0.1, -0.05) is 30.3 Å². The lowest BCUT2D eigenvalue weighted by Crippen LogP contribution is -2.51. The Morgan fingerprint density at radius 2 is 1.58 bits per heavy atom. The molecule has 5 nitrogen and oxygen atoms in total. The molecule has 33 heavy (non-hydrogen) atoms. The van der Waals surface area contributed by atoms with E-state index in [1.165, 1.54) is 6.92 Å². The molecule has 11 heteroatoms. The number of alkyl halides is 6. The Morgan fingerprint density at radius 3 is 2.06 bits per heavy atom. The van der Waals surface area contributed by atoms with Gasteiger partial charge in [0.05, 0.1) is 24.0 Å². The maximum Gasteiger partial charge on any atom is 0.416 e. The van der Waals surface area contributed by atoms with Gasteiger partial charge < -0.3 is 15.6 Å². The summed E-state index contributed by atoms with van der Waals surface area (Å²) in [6.45, 7) is 0.602. The maximum absolute atomic E-state index is 13.0. The molecule has 0 spiro atoms. The summed E-state index contributed by atoms with van der Waals surface area (Å²) in [5, 5.41) is 13.2. The number of nitrogens with one attached hydrogen (secondary N) is 1. The van der Waals surface area contributed by atoms with Crippen LogP contribution in [0.1, 0.15) is 41.7 Å². The molecule has 2 atom stereocenters. The van der Waals surface area contributed by atoms with Gasteiger partial charge in [-0.3, -0.25) is 10.1 Å². The Bertz CT molecular complexity index is 902. The molecular formula is C22H24F6N2O3. The van der Waals surface area contributed by atoms with Gasteiger partial charge in [0.1, 0.15) is 0 Å². The first-order valence-electron chi connectivity index (χ1n) is 9.90. The second-order valence-corrected chi connectivity index (χ2v) is 7.60. The molecule has 4 N–H and O–H groups in total. The minimum Gasteiger partial charge on any atom is -0.379 e. The molecule has 182 valence electrons. The Hall–Kier alpha value is -2.63. The molecule has 2 aromatic carbocycles. The number of hydrogen-bond donors (Lipinski definition) is 3. The Morgan fingerprint density at radius 1 is 1.03 bits per heavy atom. The zero-order valence-electron chi connectivity index (χ0n) is 17.6. The van der Waals surface area contributed by atoms with Crippen molar-refractivity contribution < 1.29 is 41.0 Å². The van der Waals surface area contributed by atoms with E-state index in [0.717, 1.165) is 5.56 Å². The van der Waals surface area contributed by atoms with E-state index in [0.29, 0.717) is 18.6 Å². The number of ether oxygens (including phenoxy) is 1. The van der Waals surface area contributed by atoms with Crippen molar-refractivity contribution >= 4 is 5.91 Å². The monoisotopic (exact) mass is 478 g/mol. The fourth-order valence-electron chi connectivity index (χ4n) is 3.05. The second kappa shape index (κ2) is 10.5. The summed E-state index contributed by atoms with van der Waals surface area (Å²) in [5.74, 6) is -0.980. The van der Waals surface area contributed by atoms with Crippen molar-refractivity contribution in [1.82, 2.24) is 5.32 Å². The highest BCUT2D eigenvalue weighted by Gasteiger charge is 2.37. The molecule has 0 aliphatic rings. The van der Waals surface area contributed by atoms with E-state index in [9.17, 15) is 36.2 Å². The van der Waals surface area contributed by atoms with Crippen LogP contribution in [-0.4, -0.2) is 29.9 Å². The van der Waals surface area contributed by atoms with Crippen molar-refractivity contribution in [2.45, 2.75) is 43.8 Å². The quantitative estimate of drug-likeness (QED) is 0.272. The molecular weight excluding hydrogens is 454 g/mol. The number of benzene rings is 2. The number of rotatable bonds is 10. The second-order valence-electron chi connectivity index (χ2n) is 7.60. The number of amides is 1. The molecule has 0 saturated heterocycles. The van der Waals surface area contributed by atoms with Crippen molar-refractivity contribution in [2.75, 3.05) is 13.3 Å². The molecule has 1 unspecified atom stereocenters. The van der Waals surface area contributed by atoms with Crippen LogP contribution in [0.2, 0.25) is 0 Å². The number of halogens is 6. The van der Waals surface area contributed by atoms with Crippen molar-refractivity contribution in [3.63, 3.8) is 0 Å². The largest absolute Gasteiger partial charge is 0.416 e. The van der Waals surface area contributed by atoms with Crippen LogP contribution < -0.4 is 11.1 Å². The number of aliphatic hydroxyl groups is 1. The van der Waals surface area contributed by atoms with E-state index in [-0.39, 0.29) is 31.3 Å². The third-order valence-electron chi connectivity index (χ3n) is 5.06. The molecule has 0 fully saturated rings. The Balaban J connectivity index is 2.00. The van der Waals surface area contributed by atoms with Crippen LogP contribution in [0.25, 0.3) is 0 Å². The van der Waals surface area contributed by atoms with E-state index < -0.39 is 41.1 Å². The highest BCUT2D eigenvalue weighted by molar-refractivity contribution is 5.83. The molecule has 1 amide bonds. The molecule has 0 bridgehead atoms. The van der Waals surface area contributed by atoms with Crippen molar-refractivity contribution in [1.29, 1.82) is 0 Å². The van der Waals surface area contributed by atoms with Crippen LogP contribution in [0.4, 0.5) is 26.3 Å². The van der Waals surface area contributed by atoms with E-state index in [1.807, 2.05) is 18.2 Å². The van der Waals surface area contributed by atoms with Crippen LogP contribution >= 0.6 is 0 Å². The molecule has 0 aliphatic carbocycles. The first kappa shape index (κ1) is 26.6. The first-order chi connectivity index (χ1) is 15.2. The normalized spacial score (nSPS) is 15.2. The minimum absolute atomic E-state index is 0.00251. The van der Waals surface area contributed by atoms with Gasteiger partial charge in [0, 0.05) is 6.54 Å². The number of carbonyl (C=O) groups excluding carboxylic acids is 1. The van der Waals surface area contributed by atoms with Crippen LogP contribution in [-0.2, 0) is 28.3 Å². The standard InChI is InChI=1S/C22H24F6N2O3/c1-14(16-9-17(21(23,24)25)11-18(10-16)22(26,27)28)33-13-30-12-20(32,19(29)31)8-7-15-5-3-2-4-6-15/h2-6,9-11,14,30,32H,7-8,12-13H2,1H3,(H2,29,31)/t14-,20?/m1/s1. The summed E-state index contributed by atoms with van der Waals surface area (Å²) in [6, 6.07) is 10.2. The summed E-state index contributed by atoms with van der Waals surface area (Å²) in [7, 11) is 0.